The van der Waals surface area contributed by atoms with Gasteiger partial charge in [0.15, 0.2) is 9.84 Å². The molecule has 0 aromatic heterocycles. The van der Waals surface area contributed by atoms with E-state index in [0.29, 0.717) is 0 Å². The van der Waals surface area contributed by atoms with Gasteiger partial charge in [0.1, 0.15) is 12.4 Å². The minimum atomic E-state index is -2.99. The molecule has 0 saturated carbocycles. The van der Waals surface area contributed by atoms with Gasteiger partial charge >= 0.3 is 0 Å². The highest BCUT2D eigenvalue weighted by molar-refractivity contribution is 7.90. The van der Waals surface area contributed by atoms with E-state index in [-0.39, 0.29) is 18.4 Å². The third kappa shape index (κ3) is 6.07. The van der Waals surface area contributed by atoms with Crippen LogP contribution in [0.4, 0.5) is 0 Å². The van der Waals surface area contributed by atoms with E-state index < -0.39 is 9.84 Å². The van der Waals surface area contributed by atoms with Crippen LogP contribution < -0.4 is 10.5 Å². The van der Waals surface area contributed by atoms with Crippen LogP contribution in [0.15, 0.2) is 18.2 Å². The van der Waals surface area contributed by atoms with Gasteiger partial charge in [-0.2, -0.15) is 0 Å². The molecule has 0 spiro atoms. The second-order valence-corrected chi connectivity index (χ2v) is 7.22. The van der Waals surface area contributed by atoms with E-state index in [9.17, 15) is 8.42 Å². The number of sulfone groups is 1. The van der Waals surface area contributed by atoms with E-state index in [1.165, 1.54) is 6.26 Å². The van der Waals surface area contributed by atoms with Crippen LogP contribution in [0.1, 0.15) is 24.5 Å². The molecule has 108 valence electrons. The highest BCUT2D eigenvalue weighted by Gasteiger charge is 2.09. The molecule has 1 atom stereocenters. The first-order valence-corrected chi connectivity index (χ1v) is 8.53. The molecule has 2 N–H and O–H groups in total. The van der Waals surface area contributed by atoms with Crippen LogP contribution >= 0.6 is 0 Å². The van der Waals surface area contributed by atoms with Crippen molar-refractivity contribution in [1.29, 1.82) is 0 Å². The molecule has 1 unspecified atom stereocenters. The largest absolute Gasteiger partial charge is 0.492 e. The van der Waals surface area contributed by atoms with Crippen LogP contribution in [-0.2, 0) is 16.3 Å². The molecular weight excluding hydrogens is 262 g/mol. The molecule has 0 bridgehead atoms. The van der Waals surface area contributed by atoms with Gasteiger partial charge in [-0.25, -0.2) is 8.42 Å². The number of nitrogens with two attached hydrogens (primary N) is 1. The third-order valence-electron chi connectivity index (χ3n) is 2.93. The highest BCUT2D eigenvalue weighted by atomic mass is 32.2. The number of rotatable bonds is 7. The van der Waals surface area contributed by atoms with Crippen molar-refractivity contribution in [2.45, 2.75) is 32.7 Å². The lowest BCUT2D eigenvalue weighted by Gasteiger charge is -2.15. The van der Waals surface area contributed by atoms with Gasteiger partial charge in [0.2, 0.25) is 0 Å². The zero-order valence-electron chi connectivity index (χ0n) is 11.8. The average Bonchev–Trinajstić information content (AvgIpc) is 2.30. The van der Waals surface area contributed by atoms with E-state index in [0.717, 1.165) is 29.7 Å². The van der Waals surface area contributed by atoms with Crippen LogP contribution in [0.2, 0.25) is 0 Å². The quantitative estimate of drug-likeness (QED) is 0.828. The maximum Gasteiger partial charge on any atom is 0.150 e. The molecule has 0 saturated heterocycles. The zero-order chi connectivity index (χ0) is 14.5. The lowest BCUT2D eigenvalue weighted by molar-refractivity contribution is 0.336. The fraction of sp³-hybridized carbons (Fsp3) is 0.571. The smallest absolute Gasteiger partial charge is 0.150 e. The van der Waals surface area contributed by atoms with Gasteiger partial charge in [-0.05, 0) is 31.4 Å². The fourth-order valence-corrected chi connectivity index (χ4v) is 2.12. The Bertz CT molecular complexity index is 511. The minimum absolute atomic E-state index is 0.0279. The van der Waals surface area contributed by atoms with Gasteiger partial charge in [-0.15, -0.1) is 0 Å². The van der Waals surface area contributed by atoms with Gasteiger partial charge in [0.25, 0.3) is 0 Å². The van der Waals surface area contributed by atoms with E-state index >= 15 is 0 Å². The molecular formula is C14H23NO3S. The molecule has 1 rings (SSSR count). The Labute approximate surface area is 115 Å². The molecule has 0 aliphatic carbocycles. The zero-order valence-corrected chi connectivity index (χ0v) is 12.7. The van der Waals surface area contributed by atoms with E-state index in [1.807, 2.05) is 32.0 Å². The minimum Gasteiger partial charge on any atom is -0.492 e. The molecule has 1 aromatic rings. The normalized spacial score (nSPS) is 13.3. The molecule has 1 aromatic carbocycles. The molecule has 4 nitrogen and oxygen atoms in total. The van der Waals surface area contributed by atoms with Crippen molar-refractivity contribution in [2.75, 3.05) is 18.6 Å². The summed E-state index contributed by atoms with van der Waals surface area (Å²) in [6.45, 7) is 4.24. The Morgan fingerprint density at radius 2 is 2.05 bits per heavy atom. The molecule has 0 aliphatic rings. The van der Waals surface area contributed by atoms with Crippen LogP contribution in [-0.4, -0.2) is 33.1 Å². The molecule has 0 aliphatic heterocycles. The number of hydrogen-bond donors (Lipinski definition) is 1. The number of benzene rings is 1. The Kier molecular flexibility index (Phi) is 5.82. The maximum atomic E-state index is 11.1. The van der Waals surface area contributed by atoms with Crippen molar-refractivity contribution in [1.82, 2.24) is 0 Å². The number of hydrogen-bond acceptors (Lipinski definition) is 4. The number of ether oxygens (including phenoxy) is 1. The second kappa shape index (κ2) is 6.91. The van der Waals surface area contributed by atoms with Gasteiger partial charge < -0.3 is 10.5 Å². The summed E-state index contributed by atoms with van der Waals surface area (Å²) in [5.74, 6) is 0.762. The Morgan fingerprint density at radius 3 is 2.63 bits per heavy atom. The number of aryl methyl sites for hydroxylation is 1. The lowest BCUT2D eigenvalue weighted by Crippen LogP contribution is -2.22. The van der Waals surface area contributed by atoms with Crippen LogP contribution in [0.3, 0.4) is 0 Å². The van der Waals surface area contributed by atoms with Crippen LogP contribution in [0, 0.1) is 6.92 Å². The van der Waals surface area contributed by atoms with Crippen molar-refractivity contribution in [3.05, 3.63) is 29.3 Å². The molecule has 5 heteroatoms. The Morgan fingerprint density at radius 1 is 1.37 bits per heavy atom. The van der Waals surface area contributed by atoms with Crippen molar-refractivity contribution >= 4 is 9.84 Å². The van der Waals surface area contributed by atoms with Crippen molar-refractivity contribution in [3.63, 3.8) is 0 Å². The van der Waals surface area contributed by atoms with Crippen molar-refractivity contribution < 1.29 is 13.2 Å². The summed E-state index contributed by atoms with van der Waals surface area (Å²) in [6.07, 6.45) is 2.85. The third-order valence-corrected chi connectivity index (χ3v) is 3.84. The molecule has 0 radical (unpaired) electrons. The summed E-state index contributed by atoms with van der Waals surface area (Å²) < 4.78 is 27.7. The summed E-state index contributed by atoms with van der Waals surface area (Å²) in [5.41, 5.74) is 8.16. The predicted molar refractivity (Wildman–Crippen MR) is 78.4 cm³/mol. The van der Waals surface area contributed by atoms with Gasteiger partial charge in [0.05, 0.1) is 5.75 Å². The van der Waals surface area contributed by atoms with Gasteiger partial charge in [-0.1, -0.05) is 24.6 Å². The SMILES string of the molecule is CCC(N)Cc1cc(C)ccc1OCCS(C)(=O)=O. The van der Waals surface area contributed by atoms with Gasteiger partial charge in [-0.3, -0.25) is 0 Å². The van der Waals surface area contributed by atoms with Gasteiger partial charge in [0, 0.05) is 12.3 Å². The molecule has 0 amide bonds. The van der Waals surface area contributed by atoms with Crippen molar-refractivity contribution in [2.24, 2.45) is 5.73 Å². The van der Waals surface area contributed by atoms with E-state index in [1.54, 1.807) is 0 Å². The molecule has 0 heterocycles. The first-order chi connectivity index (χ1) is 8.81. The molecule has 19 heavy (non-hydrogen) atoms. The highest BCUT2D eigenvalue weighted by Crippen LogP contribution is 2.22. The van der Waals surface area contributed by atoms with Crippen LogP contribution in [0.5, 0.6) is 5.75 Å². The van der Waals surface area contributed by atoms with E-state index in [2.05, 4.69) is 0 Å². The van der Waals surface area contributed by atoms with E-state index in [4.69, 9.17) is 10.5 Å². The summed E-state index contributed by atoms with van der Waals surface area (Å²) in [4.78, 5) is 0. The lowest BCUT2D eigenvalue weighted by atomic mass is 10.0. The maximum absolute atomic E-state index is 11.1. The van der Waals surface area contributed by atoms with Crippen molar-refractivity contribution in [3.8, 4) is 5.75 Å². The fourth-order valence-electron chi connectivity index (χ4n) is 1.74. The Hall–Kier alpha value is -1.07. The monoisotopic (exact) mass is 285 g/mol. The standard InChI is InChI=1S/C14H23NO3S/c1-4-13(15)10-12-9-11(2)5-6-14(12)18-7-8-19(3,16)17/h5-6,9,13H,4,7-8,10,15H2,1-3H3. The predicted octanol–water partition coefficient (Wildman–Crippen LogP) is 1.70. The first kappa shape index (κ1) is 16.0. The molecule has 0 fully saturated rings. The topological polar surface area (TPSA) is 69.4 Å². The summed E-state index contributed by atoms with van der Waals surface area (Å²) in [5, 5.41) is 0. The second-order valence-electron chi connectivity index (χ2n) is 4.96. The van der Waals surface area contributed by atoms with Crippen LogP contribution in [0.25, 0.3) is 0 Å². The average molecular weight is 285 g/mol. The summed E-state index contributed by atoms with van der Waals surface area (Å²) >= 11 is 0. The summed E-state index contributed by atoms with van der Waals surface area (Å²) in [7, 11) is -2.99. The Balaban J connectivity index is 2.76. The first-order valence-electron chi connectivity index (χ1n) is 6.47. The summed E-state index contributed by atoms with van der Waals surface area (Å²) in [6, 6.07) is 5.98.